The van der Waals surface area contributed by atoms with E-state index in [0.717, 1.165) is 35.7 Å². The van der Waals surface area contributed by atoms with Gasteiger partial charge >= 0.3 is 0 Å². The second kappa shape index (κ2) is 6.17. The predicted molar refractivity (Wildman–Crippen MR) is 105 cm³/mol. The summed E-state index contributed by atoms with van der Waals surface area (Å²) in [6, 6.07) is 5.53. The molecule has 0 spiro atoms. The Labute approximate surface area is 156 Å². The first-order chi connectivity index (χ1) is 12.3. The highest BCUT2D eigenvalue weighted by molar-refractivity contribution is 7.13. The lowest BCUT2D eigenvalue weighted by Crippen LogP contribution is -2.49. The molecule has 26 heavy (non-hydrogen) atoms. The van der Waals surface area contributed by atoms with Gasteiger partial charge in [0.15, 0.2) is 0 Å². The number of thiazole rings is 1. The zero-order valence-corrected chi connectivity index (χ0v) is 15.7. The molecule has 1 aromatic carbocycles. The van der Waals surface area contributed by atoms with Gasteiger partial charge in [-0.2, -0.15) is 0 Å². The number of rotatable bonds is 4. The Morgan fingerprint density at radius 3 is 2.85 bits per heavy atom. The molecule has 2 heterocycles. The summed E-state index contributed by atoms with van der Waals surface area (Å²) in [7, 11) is 0. The van der Waals surface area contributed by atoms with Crippen molar-refractivity contribution in [2.45, 2.75) is 38.3 Å². The number of aryl methyl sites for hydroxylation is 1. The lowest BCUT2D eigenvalue weighted by Gasteiger charge is -2.28. The first-order valence-corrected chi connectivity index (χ1v) is 9.69. The number of nitrogens with one attached hydrogen (secondary N) is 3. The lowest BCUT2D eigenvalue weighted by atomic mass is 9.99. The van der Waals surface area contributed by atoms with Gasteiger partial charge < -0.3 is 16.4 Å². The van der Waals surface area contributed by atoms with Gasteiger partial charge in [-0.05, 0) is 44.7 Å². The van der Waals surface area contributed by atoms with E-state index in [1.54, 1.807) is 23.5 Å². The molecule has 7 heteroatoms. The lowest BCUT2D eigenvalue weighted by molar-refractivity contribution is -0.115. The normalized spacial score (nSPS) is 26.8. The van der Waals surface area contributed by atoms with Crippen molar-refractivity contribution < 1.29 is 4.79 Å². The van der Waals surface area contributed by atoms with Crippen molar-refractivity contribution >= 4 is 28.6 Å². The van der Waals surface area contributed by atoms with Gasteiger partial charge in [0.05, 0.1) is 0 Å². The van der Waals surface area contributed by atoms with Crippen LogP contribution in [0.5, 0.6) is 0 Å². The first kappa shape index (κ1) is 17.2. The number of hydrogen-bond donors (Lipinski definition) is 4. The van der Waals surface area contributed by atoms with Gasteiger partial charge in [0, 0.05) is 46.0 Å². The minimum Gasteiger partial charge on any atom is -0.398 e. The molecule has 2 aliphatic rings. The molecule has 6 nitrogen and oxygen atoms in total. The summed E-state index contributed by atoms with van der Waals surface area (Å²) in [6.07, 6.45) is 1.99. The van der Waals surface area contributed by atoms with Gasteiger partial charge in [-0.25, -0.2) is 4.98 Å². The van der Waals surface area contributed by atoms with Crippen LogP contribution >= 0.6 is 11.3 Å². The maximum atomic E-state index is 12.6. The molecule has 2 bridgehead atoms. The van der Waals surface area contributed by atoms with Gasteiger partial charge in [0.2, 0.25) is 0 Å². The molecular weight excluding hydrogens is 346 g/mol. The van der Waals surface area contributed by atoms with Crippen molar-refractivity contribution in [3.8, 4) is 10.6 Å². The highest BCUT2D eigenvalue weighted by Crippen LogP contribution is 2.39. The zero-order valence-electron chi connectivity index (χ0n) is 14.9. The molecule has 1 aliphatic heterocycles. The quantitative estimate of drug-likeness (QED) is 0.490. The number of hydrogen-bond acceptors (Lipinski definition) is 6. The summed E-state index contributed by atoms with van der Waals surface area (Å²) >= 11 is 1.55. The van der Waals surface area contributed by atoms with Gasteiger partial charge in [-0.3, -0.25) is 10.2 Å². The smallest absolute Gasteiger partial charge is 0.270 e. The maximum Gasteiger partial charge on any atom is 0.270 e. The molecule has 136 valence electrons. The van der Waals surface area contributed by atoms with E-state index < -0.39 is 0 Å². The third kappa shape index (κ3) is 3.01. The van der Waals surface area contributed by atoms with Crippen LogP contribution in [-0.4, -0.2) is 34.7 Å². The monoisotopic (exact) mass is 369 g/mol. The van der Waals surface area contributed by atoms with Crippen LogP contribution in [-0.2, 0) is 4.79 Å². The Bertz CT molecular complexity index is 892. The van der Waals surface area contributed by atoms with Crippen molar-refractivity contribution in [2.75, 3.05) is 12.3 Å². The minimum atomic E-state index is -0.351. The summed E-state index contributed by atoms with van der Waals surface area (Å²) < 4.78 is 0. The second-order valence-corrected chi connectivity index (χ2v) is 8.52. The van der Waals surface area contributed by atoms with E-state index in [0.29, 0.717) is 17.2 Å². The second-order valence-electron chi connectivity index (χ2n) is 7.66. The number of nitrogen functional groups attached to an aromatic ring is 1. The van der Waals surface area contributed by atoms with E-state index >= 15 is 0 Å². The van der Waals surface area contributed by atoms with Crippen LogP contribution in [0.15, 0.2) is 23.6 Å². The molecule has 2 aromatic rings. The minimum absolute atomic E-state index is 0.0785. The topological polar surface area (TPSA) is 104 Å². The Balaban J connectivity index is 1.48. The number of piperidine rings is 1. The summed E-state index contributed by atoms with van der Waals surface area (Å²) in [5, 5.41) is 17.7. The number of benzene rings is 1. The molecule has 5 N–H and O–H groups in total. The number of aromatic nitrogens is 1. The highest BCUT2D eigenvalue weighted by Gasteiger charge is 2.48. The van der Waals surface area contributed by atoms with E-state index in [9.17, 15) is 4.79 Å². The van der Waals surface area contributed by atoms with Crippen molar-refractivity contribution in [3.05, 3.63) is 34.8 Å². The van der Waals surface area contributed by atoms with E-state index in [4.69, 9.17) is 11.1 Å². The van der Waals surface area contributed by atoms with E-state index in [1.807, 2.05) is 18.4 Å². The van der Waals surface area contributed by atoms with Crippen LogP contribution < -0.4 is 16.4 Å². The highest BCUT2D eigenvalue weighted by atomic mass is 32.1. The largest absolute Gasteiger partial charge is 0.398 e. The molecule has 2 fully saturated rings. The Hall–Kier alpha value is -2.25. The molecule has 1 aromatic heterocycles. The molecule has 1 aliphatic carbocycles. The van der Waals surface area contributed by atoms with E-state index in [-0.39, 0.29) is 23.2 Å². The average Bonchev–Trinajstić information content (AvgIpc) is 3.27. The van der Waals surface area contributed by atoms with Gasteiger partial charge in [0.1, 0.15) is 10.7 Å². The first-order valence-electron chi connectivity index (χ1n) is 8.81. The Morgan fingerprint density at radius 1 is 1.46 bits per heavy atom. The summed E-state index contributed by atoms with van der Waals surface area (Å²) in [4.78, 5) is 17.0. The van der Waals surface area contributed by atoms with Crippen molar-refractivity contribution in [2.24, 2.45) is 5.92 Å². The van der Waals surface area contributed by atoms with Crippen LogP contribution in [0.25, 0.3) is 10.6 Å². The maximum absolute atomic E-state index is 12.6. The number of nitrogens with zero attached hydrogens (tertiary/aromatic N) is 1. The van der Waals surface area contributed by atoms with Crippen molar-refractivity contribution in [1.29, 1.82) is 5.41 Å². The van der Waals surface area contributed by atoms with Gasteiger partial charge in [-0.1, -0.05) is 6.07 Å². The van der Waals surface area contributed by atoms with E-state index in [1.165, 1.54) is 0 Å². The molecule has 1 saturated heterocycles. The number of carbonyl (C=O) groups is 1. The molecule has 4 rings (SSSR count). The standard InChI is InChI=1S/C19H23N5OS/c1-10-9-26-18(23-10)11-3-4-13(14(20)5-11)16(21)17(25)24-15-7-19(2)6-12(15)8-22-19/h3-5,9,12,15,21-22H,6-8,20H2,1-2H3,(H,24,25). The summed E-state index contributed by atoms with van der Waals surface area (Å²) in [5.74, 6) is 0.0975. The Kier molecular flexibility index (Phi) is 4.08. The molecule has 1 saturated carbocycles. The fraction of sp³-hybridized carbons (Fsp3) is 0.421. The van der Waals surface area contributed by atoms with Crippen molar-refractivity contribution in [3.63, 3.8) is 0 Å². The number of amides is 1. The molecule has 0 radical (unpaired) electrons. The van der Waals surface area contributed by atoms with Crippen molar-refractivity contribution in [1.82, 2.24) is 15.6 Å². The van der Waals surface area contributed by atoms with Crippen LogP contribution in [0.1, 0.15) is 31.0 Å². The summed E-state index contributed by atoms with van der Waals surface area (Å²) in [6.45, 7) is 5.07. The molecule has 3 unspecified atom stereocenters. The molecular formula is C19H23N5OS. The summed E-state index contributed by atoms with van der Waals surface area (Å²) in [5.41, 5.74) is 8.95. The van der Waals surface area contributed by atoms with Gasteiger partial charge in [0.25, 0.3) is 5.91 Å². The molecule has 3 atom stereocenters. The fourth-order valence-corrected chi connectivity index (χ4v) is 4.93. The fourth-order valence-electron chi connectivity index (χ4n) is 4.13. The Morgan fingerprint density at radius 2 is 2.27 bits per heavy atom. The third-order valence-electron chi connectivity index (χ3n) is 5.47. The van der Waals surface area contributed by atoms with Crippen LogP contribution in [0, 0.1) is 18.3 Å². The third-order valence-corrected chi connectivity index (χ3v) is 6.48. The number of carbonyl (C=O) groups excluding carboxylic acids is 1. The molecule has 1 amide bonds. The van der Waals surface area contributed by atoms with Crippen LogP contribution in [0.4, 0.5) is 5.69 Å². The van der Waals surface area contributed by atoms with E-state index in [2.05, 4.69) is 22.5 Å². The van der Waals surface area contributed by atoms with Crippen LogP contribution in [0.3, 0.4) is 0 Å². The number of nitrogens with two attached hydrogens (primary N) is 1. The number of fused-ring (bicyclic) bond motifs is 2. The average molecular weight is 369 g/mol. The van der Waals surface area contributed by atoms with Gasteiger partial charge in [-0.15, -0.1) is 11.3 Å². The number of anilines is 1. The predicted octanol–water partition coefficient (Wildman–Crippen LogP) is 2.33. The van der Waals surface area contributed by atoms with Crippen LogP contribution in [0.2, 0.25) is 0 Å². The SMILES string of the molecule is Cc1csc(-c2ccc(C(=N)C(=O)NC3CC4(C)CC3CN4)c(N)c2)n1. The zero-order chi connectivity index (χ0) is 18.5.